The number of piperazine rings is 1. The van der Waals surface area contributed by atoms with Crippen molar-refractivity contribution in [3.63, 3.8) is 0 Å². The predicted octanol–water partition coefficient (Wildman–Crippen LogP) is 1.08. The zero-order valence-electron chi connectivity index (χ0n) is 13.0. The Morgan fingerprint density at radius 3 is 2.62 bits per heavy atom. The van der Waals surface area contributed by atoms with Gasteiger partial charge in [0.25, 0.3) is 0 Å². The predicted molar refractivity (Wildman–Crippen MR) is 86.4 cm³/mol. The first-order valence-corrected chi connectivity index (χ1v) is 7.97. The van der Waals surface area contributed by atoms with Crippen molar-refractivity contribution in [2.75, 3.05) is 44.2 Å². The lowest BCUT2D eigenvalue weighted by molar-refractivity contribution is 0.0314. The highest BCUT2D eigenvalue weighted by molar-refractivity contribution is 5.38. The SMILES string of the molecule is CCC(O)(CN)CCCN1CCN(c2ccccn2)CC1. The van der Waals surface area contributed by atoms with E-state index in [1.807, 2.05) is 25.3 Å². The summed E-state index contributed by atoms with van der Waals surface area (Å²) in [4.78, 5) is 9.20. The van der Waals surface area contributed by atoms with Crippen LogP contribution in [0.5, 0.6) is 0 Å². The van der Waals surface area contributed by atoms with Crippen LogP contribution in [-0.4, -0.2) is 59.9 Å². The summed E-state index contributed by atoms with van der Waals surface area (Å²) in [6.07, 6.45) is 4.38. The number of hydrogen-bond donors (Lipinski definition) is 2. The number of anilines is 1. The number of aromatic nitrogens is 1. The number of rotatable bonds is 7. The maximum Gasteiger partial charge on any atom is 0.128 e. The summed E-state index contributed by atoms with van der Waals surface area (Å²) in [7, 11) is 0. The van der Waals surface area contributed by atoms with Gasteiger partial charge < -0.3 is 15.7 Å². The smallest absolute Gasteiger partial charge is 0.128 e. The average molecular weight is 292 g/mol. The molecule has 1 unspecified atom stereocenters. The molecule has 118 valence electrons. The molecular weight excluding hydrogens is 264 g/mol. The third kappa shape index (κ3) is 4.66. The first-order valence-electron chi connectivity index (χ1n) is 7.97. The molecule has 0 spiro atoms. The Morgan fingerprint density at radius 1 is 1.29 bits per heavy atom. The second-order valence-corrected chi connectivity index (χ2v) is 5.90. The maximum absolute atomic E-state index is 10.2. The number of nitrogens with two attached hydrogens (primary N) is 1. The van der Waals surface area contributed by atoms with Crippen molar-refractivity contribution in [3.8, 4) is 0 Å². The molecule has 0 aliphatic carbocycles. The second kappa shape index (κ2) is 7.73. The normalized spacial score (nSPS) is 19.5. The zero-order chi connectivity index (χ0) is 15.1. The number of hydrogen-bond acceptors (Lipinski definition) is 5. The molecule has 1 fully saturated rings. The quantitative estimate of drug-likeness (QED) is 0.787. The van der Waals surface area contributed by atoms with Crippen LogP contribution in [0.3, 0.4) is 0 Å². The fraction of sp³-hybridized carbons (Fsp3) is 0.688. The molecule has 2 heterocycles. The van der Waals surface area contributed by atoms with Gasteiger partial charge in [0.05, 0.1) is 5.60 Å². The molecule has 5 nitrogen and oxygen atoms in total. The molecule has 21 heavy (non-hydrogen) atoms. The van der Waals surface area contributed by atoms with Crippen LogP contribution >= 0.6 is 0 Å². The number of aliphatic hydroxyl groups is 1. The van der Waals surface area contributed by atoms with Gasteiger partial charge in [-0.1, -0.05) is 13.0 Å². The van der Waals surface area contributed by atoms with E-state index < -0.39 is 5.60 Å². The van der Waals surface area contributed by atoms with Crippen LogP contribution in [0.2, 0.25) is 0 Å². The van der Waals surface area contributed by atoms with E-state index in [9.17, 15) is 5.11 Å². The highest BCUT2D eigenvalue weighted by Crippen LogP contribution is 2.17. The van der Waals surface area contributed by atoms with Gasteiger partial charge in [-0.15, -0.1) is 0 Å². The van der Waals surface area contributed by atoms with Gasteiger partial charge in [-0.2, -0.15) is 0 Å². The lowest BCUT2D eigenvalue weighted by Gasteiger charge is -2.36. The lowest BCUT2D eigenvalue weighted by Crippen LogP contribution is -2.47. The van der Waals surface area contributed by atoms with Crippen molar-refractivity contribution in [3.05, 3.63) is 24.4 Å². The minimum absolute atomic E-state index is 0.358. The summed E-state index contributed by atoms with van der Waals surface area (Å²) in [5.41, 5.74) is 4.97. The van der Waals surface area contributed by atoms with Crippen LogP contribution < -0.4 is 10.6 Å². The standard InChI is InChI=1S/C16H28N4O/c1-2-16(21,14-17)7-5-9-19-10-12-20(13-11-19)15-6-3-4-8-18-15/h3-4,6,8,21H,2,5,7,9-14,17H2,1H3. The number of nitrogens with zero attached hydrogens (tertiary/aromatic N) is 3. The maximum atomic E-state index is 10.2. The Hall–Kier alpha value is -1.17. The van der Waals surface area contributed by atoms with E-state index in [4.69, 9.17) is 5.73 Å². The summed E-state index contributed by atoms with van der Waals surface area (Å²) in [6, 6.07) is 6.05. The highest BCUT2D eigenvalue weighted by Gasteiger charge is 2.23. The van der Waals surface area contributed by atoms with E-state index in [2.05, 4.69) is 20.9 Å². The van der Waals surface area contributed by atoms with Crippen LogP contribution in [-0.2, 0) is 0 Å². The Morgan fingerprint density at radius 2 is 2.05 bits per heavy atom. The van der Waals surface area contributed by atoms with Crippen LogP contribution in [0.4, 0.5) is 5.82 Å². The van der Waals surface area contributed by atoms with E-state index in [0.29, 0.717) is 6.54 Å². The largest absolute Gasteiger partial charge is 0.389 e. The van der Waals surface area contributed by atoms with Crippen LogP contribution in [0.25, 0.3) is 0 Å². The molecule has 0 aromatic carbocycles. The van der Waals surface area contributed by atoms with Gasteiger partial charge in [-0.25, -0.2) is 4.98 Å². The van der Waals surface area contributed by atoms with Gasteiger partial charge in [-0.05, 0) is 37.9 Å². The third-order valence-electron chi connectivity index (χ3n) is 4.50. The van der Waals surface area contributed by atoms with E-state index in [-0.39, 0.29) is 0 Å². The Balaban J connectivity index is 1.70. The fourth-order valence-corrected chi connectivity index (χ4v) is 2.80. The molecular formula is C16H28N4O. The monoisotopic (exact) mass is 292 g/mol. The molecule has 1 atom stereocenters. The first kappa shape index (κ1) is 16.2. The summed E-state index contributed by atoms with van der Waals surface area (Å²) in [6.45, 7) is 7.55. The summed E-state index contributed by atoms with van der Waals surface area (Å²) < 4.78 is 0. The zero-order valence-corrected chi connectivity index (χ0v) is 13.0. The van der Waals surface area contributed by atoms with Gasteiger partial charge in [0.2, 0.25) is 0 Å². The van der Waals surface area contributed by atoms with Gasteiger partial charge in [0.1, 0.15) is 5.82 Å². The van der Waals surface area contributed by atoms with Crippen LogP contribution in [0.1, 0.15) is 26.2 Å². The fourth-order valence-electron chi connectivity index (χ4n) is 2.80. The molecule has 0 saturated carbocycles. The van der Waals surface area contributed by atoms with Crippen molar-refractivity contribution in [2.45, 2.75) is 31.8 Å². The molecule has 0 radical (unpaired) electrons. The van der Waals surface area contributed by atoms with Crippen molar-refractivity contribution in [2.24, 2.45) is 5.73 Å². The molecule has 1 aromatic rings. The summed E-state index contributed by atoms with van der Waals surface area (Å²) in [5, 5.41) is 10.2. The van der Waals surface area contributed by atoms with Crippen molar-refractivity contribution < 1.29 is 5.11 Å². The van der Waals surface area contributed by atoms with Gasteiger partial charge in [0, 0.05) is 38.9 Å². The van der Waals surface area contributed by atoms with Gasteiger partial charge in [-0.3, -0.25) is 4.90 Å². The Labute approximate surface area is 127 Å². The van der Waals surface area contributed by atoms with Crippen LogP contribution in [0, 0.1) is 0 Å². The van der Waals surface area contributed by atoms with Crippen molar-refractivity contribution in [1.29, 1.82) is 0 Å². The third-order valence-corrected chi connectivity index (χ3v) is 4.50. The van der Waals surface area contributed by atoms with E-state index in [1.54, 1.807) is 0 Å². The molecule has 1 aliphatic heterocycles. The minimum atomic E-state index is -0.671. The summed E-state index contributed by atoms with van der Waals surface area (Å²) >= 11 is 0. The van der Waals surface area contributed by atoms with E-state index in [0.717, 1.165) is 57.8 Å². The lowest BCUT2D eigenvalue weighted by atomic mass is 9.95. The highest BCUT2D eigenvalue weighted by atomic mass is 16.3. The Bertz CT molecular complexity index is 400. The molecule has 1 aliphatic rings. The average Bonchev–Trinajstić information content (AvgIpc) is 2.56. The first-order chi connectivity index (χ1) is 10.2. The second-order valence-electron chi connectivity index (χ2n) is 5.90. The van der Waals surface area contributed by atoms with Crippen molar-refractivity contribution in [1.82, 2.24) is 9.88 Å². The molecule has 0 amide bonds. The molecule has 1 aromatic heterocycles. The molecule has 0 bridgehead atoms. The Kier molecular flexibility index (Phi) is 5.96. The molecule has 1 saturated heterocycles. The van der Waals surface area contributed by atoms with Crippen LogP contribution in [0.15, 0.2) is 24.4 Å². The van der Waals surface area contributed by atoms with Gasteiger partial charge >= 0.3 is 0 Å². The topological polar surface area (TPSA) is 65.6 Å². The van der Waals surface area contributed by atoms with E-state index in [1.165, 1.54) is 0 Å². The summed E-state index contributed by atoms with van der Waals surface area (Å²) in [5.74, 6) is 1.07. The molecule has 3 N–H and O–H groups in total. The number of pyridine rings is 1. The minimum Gasteiger partial charge on any atom is -0.389 e. The van der Waals surface area contributed by atoms with Crippen molar-refractivity contribution >= 4 is 5.82 Å². The molecule has 2 rings (SSSR count). The van der Waals surface area contributed by atoms with Gasteiger partial charge in [0.15, 0.2) is 0 Å². The molecule has 5 heteroatoms. The van der Waals surface area contributed by atoms with E-state index >= 15 is 0 Å².